The van der Waals surface area contributed by atoms with Crippen molar-refractivity contribution in [3.63, 3.8) is 0 Å². The van der Waals surface area contributed by atoms with Crippen molar-refractivity contribution >= 4 is 35.0 Å². The Morgan fingerprint density at radius 2 is 1.93 bits per heavy atom. The predicted molar refractivity (Wildman–Crippen MR) is 106 cm³/mol. The summed E-state index contributed by atoms with van der Waals surface area (Å²) < 4.78 is 10.2. The molecule has 1 amide bonds. The molecule has 1 N–H and O–H groups in total. The van der Waals surface area contributed by atoms with Crippen molar-refractivity contribution in [2.45, 2.75) is 24.3 Å². The number of nitrogens with zero attached hydrogens (tertiary/aromatic N) is 1. The summed E-state index contributed by atoms with van der Waals surface area (Å²) >= 11 is 1.52. The molecular weight excluding hydrogens is 384 g/mol. The number of benzene rings is 2. The lowest BCUT2D eigenvalue weighted by Gasteiger charge is -2.15. The van der Waals surface area contributed by atoms with Crippen LogP contribution in [0.15, 0.2) is 53.4 Å². The summed E-state index contributed by atoms with van der Waals surface area (Å²) in [6.07, 6.45) is -0.855. The van der Waals surface area contributed by atoms with Gasteiger partial charge in [0.15, 0.2) is 6.10 Å². The average molecular weight is 404 g/mol. The van der Waals surface area contributed by atoms with Crippen LogP contribution in [0.3, 0.4) is 0 Å². The third kappa shape index (κ3) is 6.27. The van der Waals surface area contributed by atoms with Crippen LogP contribution in [0, 0.1) is 10.1 Å². The molecule has 0 saturated carbocycles. The van der Waals surface area contributed by atoms with Crippen LogP contribution < -0.4 is 10.1 Å². The standard InChI is InChI=1S/C19H20N2O6S/c1-13(27-18(22)10-11-28-15-6-4-3-5-7-15)19(23)20-16-9-8-14(21(24)25)12-17(16)26-2/h3-9,12-13H,10-11H2,1-2H3,(H,20,23)/t13-/m1/s1. The van der Waals surface area contributed by atoms with Crippen molar-refractivity contribution < 1.29 is 24.0 Å². The number of anilines is 1. The highest BCUT2D eigenvalue weighted by Gasteiger charge is 2.20. The Bertz CT molecular complexity index is 844. The van der Waals surface area contributed by atoms with Crippen molar-refractivity contribution in [3.05, 3.63) is 58.6 Å². The highest BCUT2D eigenvalue weighted by Crippen LogP contribution is 2.29. The minimum absolute atomic E-state index is 0.139. The Labute approximate surface area is 166 Å². The van der Waals surface area contributed by atoms with Gasteiger partial charge < -0.3 is 14.8 Å². The van der Waals surface area contributed by atoms with Crippen LogP contribution in [0.4, 0.5) is 11.4 Å². The average Bonchev–Trinajstić information content (AvgIpc) is 2.68. The van der Waals surface area contributed by atoms with Crippen LogP contribution in [0.25, 0.3) is 0 Å². The minimum atomic E-state index is -1.02. The van der Waals surface area contributed by atoms with Crippen LogP contribution >= 0.6 is 11.8 Å². The van der Waals surface area contributed by atoms with Gasteiger partial charge in [0.2, 0.25) is 0 Å². The predicted octanol–water partition coefficient (Wildman–Crippen LogP) is 3.66. The summed E-state index contributed by atoms with van der Waals surface area (Å²) in [7, 11) is 1.34. The number of nitrogens with one attached hydrogen (secondary N) is 1. The molecule has 0 saturated heterocycles. The van der Waals surface area contributed by atoms with Crippen LogP contribution in [-0.4, -0.2) is 35.8 Å². The number of methoxy groups -OCH3 is 1. The van der Waals surface area contributed by atoms with E-state index in [1.807, 2.05) is 30.3 Å². The zero-order valence-electron chi connectivity index (χ0n) is 15.4. The summed E-state index contributed by atoms with van der Waals surface area (Å²) in [5, 5.41) is 13.4. The normalized spacial score (nSPS) is 11.4. The van der Waals surface area contributed by atoms with E-state index in [0.29, 0.717) is 5.75 Å². The molecule has 0 aliphatic heterocycles. The second kappa shape index (κ2) is 10.3. The molecule has 8 nitrogen and oxygen atoms in total. The van der Waals surface area contributed by atoms with Crippen molar-refractivity contribution in [3.8, 4) is 5.75 Å². The quantitative estimate of drug-likeness (QED) is 0.294. The molecule has 0 aliphatic rings. The summed E-state index contributed by atoms with van der Waals surface area (Å²) in [6, 6.07) is 13.5. The Balaban J connectivity index is 1.85. The molecule has 0 bridgehead atoms. The molecule has 2 rings (SSSR count). The van der Waals surface area contributed by atoms with Gasteiger partial charge in [-0.2, -0.15) is 0 Å². The number of nitro groups is 1. The lowest BCUT2D eigenvalue weighted by molar-refractivity contribution is -0.384. The molecule has 0 spiro atoms. The zero-order chi connectivity index (χ0) is 20.5. The van der Waals surface area contributed by atoms with Gasteiger partial charge in [-0.15, -0.1) is 11.8 Å². The fourth-order valence-corrected chi connectivity index (χ4v) is 3.06. The van der Waals surface area contributed by atoms with E-state index in [2.05, 4.69) is 5.32 Å². The third-order valence-corrected chi connectivity index (χ3v) is 4.66. The molecule has 0 heterocycles. The van der Waals surface area contributed by atoms with Gasteiger partial charge >= 0.3 is 5.97 Å². The van der Waals surface area contributed by atoms with Crippen molar-refractivity contribution in [2.75, 3.05) is 18.2 Å². The first-order chi connectivity index (χ1) is 13.4. The third-order valence-electron chi connectivity index (χ3n) is 3.65. The van der Waals surface area contributed by atoms with E-state index in [1.54, 1.807) is 0 Å². The molecule has 0 aromatic heterocycles. The van der Waals surface area contributed by atoms with Gasteiger partial charge in [-0.25, -0.2) is 0 Å². The smallest absolute Gasteiger partial charge is 0.307 e. The van der Waals surface area contributed by atoms with Gasteiger partial charge in [-0.3, -0.25) is 19.7 Å². The number of amides is 1. The number of carbonyl (C=O) groups excluding carboxylic acids is 2. The molecule has 148 valence electrons. The Morgan fingerprint density at radius 1 is 1.21 bits per heavy atom. The molecule has 2 aromatic carbocycles. The zero-order valence-corrected chi connectivity index (χ0v) is 16.2. The molecule has 0 aliphatic carbocycles. The van der Waals surface area contributed by atoms with Gasteiger partial charge in [0.05, 0.1) is 30.2 Å². The van der Waals surface area contributed by atoms with Crippen LogP contribution in [0.1, 0.15) is 13.3 Å². The number of hydrogen-bond donors (Lipinski definition) is 1. The first kappa shape index (κ1) is 21.2. The topological polar surface area (TPSA) is 108 Å². The molecule has 0 unspecified atom stereocenters. The summed E-state index contributed by atoms with van der Waals surface area (Å²) in [5.41, 5.74) is 0.0888. The summed E-state index contributed by atoms with van der Waals surface area (Å²) in [6.45, 7) is 1.45. The molecular formula is C19H20N2O6S. The number of thioether (sulfide) groups is 1. The van der Waals surface area contributed by atoms with Crippen LogP contribution in [0.5, 0.6) is 5.75 Å². The van der Waals surface area contributed by atoms with E-state index in [9.17, 15) is 19.7 Å². The van der Waals surface area contributed by atoms with Crippen molar-refractivity contribution in [1.82, 2.24) is 0 Å². The summed E-state index contributed by atoms with van der Waals surface area (Å²) in [5.74, 6) is -0.369. The number of hydrogen-bond acceptors (Lipinski definition) is 7. The maximum Gasteiger partial charge on any atom is 0.307 e. The molecule has 0 radical (unpaired) electrons. The lowest BCUT2D eigenvalue weighted by atomic mass is 10.2. The highest BCUT2D eigenvalue weighted by atomic mass is 32.2. The van der Waals surface area contributed by atoms with E-state index < -0.39 is 22.9 Å². The van der Waals surface area contributed by atoms with Gasteiger partial charge in [-0.05, 0) is 25.1 Å². The molecule has 2 aromatic rings. The second-order valence-corrected chi connectivity index (χ2v) is 6.84. The Kier molecular flexibility index (Phi) is 7.82. The molecule has 0 fully saturated rings. The van der Waals surface area contributed by atoms with E-state index >= 15 is 0 Å². The fraction of sp³-hybridized carbons (Fsp3) is 0.263. The largest absolute Gasteiger partial charge is 0.494 e. The van der Waals surface area contributed by atoms with E-state index in [1.165, 1.54) is 44.0 Å². The summed E-state index contributed by atoms with van der Waals surface area (Å²) in [4.78, 5) is 35.5. The Hall–Kier alpha value is -3.07. The number of nitro benzene ring substituents is 1. The van der Waals surface area contributed by atoms with E-state index in [0.717, 1.165) is 4.90 Å². The van der Waals surface area contributed by atoms with Crippen molar-refractivity contribution in [2.24, 2.45) is 0 Å². The van der Waals surface area contributed by atoms with Gasteiger partial charge in [0.1, 0.15) is 5.75 Å². The number of esters is 1. The molecule has 28 heavy (non-hydrogen) atoms. The number of ether oxygens (including phenoxy) is 2. The first-order valence-corrected chi connectivity index (χ1v) is 9.40. The number of rotatable bonds is 9. The van der Waals surface area contributed by atoms with Crippen molar-refractivity contribution in [1.29, 1.82) is 0 Å². The number of carbonyl (C=O) groups is 2. The van der Waals surface area contributed by atoms with Gasteiger partial charge in [-0.1, -0.05) is 18.2 Å². The van der Waals surface area contributed by atoms with Gasteiger partial charge in [0, 0.05) is 16.7 Å². The van der Waals surface area contributed by atoms with Gasteiger partial charge in [0.25, 0.3) is 11.6 Å². The number of non-ortho nitro benzene ring substituents is 1. The van der Waals surface area contributed by atoms with Crippen LogP contribution in [0.2, 0.25) is 0 Å². The minimum Gasteiger partial charge on any atom is -0.494 e. The monoisotopic (exact) mass is 404 g/mol. The van der Waals surface area contributed by atoms with E-state index in [-0.39, 0.29) is 23.5 Å². The lowest BCUT2D eigenvalue weighted by Crippen LogP contribution is -2.30. The maximum absolute atomic E-state index is 12.2. The highest BCUT2D eigenvalue weighted by molar-refractivity contribution is 7.99. The Morgan fingerprint density at radius 3 is 2.57 bits per heavy atom. The first-order valence-electron chi connectivity index (χ1n) is 8.41. The van der Waals surface area contributed by atoms with E-state index in [4.69, 9.17) is 9.47 Å². The van der Waals surface area contributed by atoms with Crippen LogP contribution in [-0.2, 0) is 14.3 Å². The molecule has 1 atom stereocenters. The molecule has 9 heteroatoms. The maximum atomic E-state index is 12.2. The SMILES string of the molecule is COc1cc([N+](=O)[O-])ccc1NC(=O)[C@@H](C)OC(=O)CCSc1ccccc1. The fourth-order valence-electron chi connectivity index (χ4n) is 2.21. The second-order valence-electron chi connectivity index (χ2n) is 5.67.